The molecule has 1 heterocycles. The maximum atomic E-state index is 12.5. The Labute approximate surface area is 246 Å². The Hall–Kier alpha value is -3.76. The fraction of sp³-hybridized carbons (Fsp3) is 0.419. The Bertz CT molecular complexity index is 1320. The Balaban J connectivity index is 1.36. The molecular formula is C31H42N6O3S. The number of hydrogen-bond donors (Lipinski definition) is 5. The lowest BCUT2D eigenvalue weighted by atomic mass is 9.96. The van der Waals surface area contributed by atoms with Gasteiger partial charge in [0.2, 0.25) is 16.9 Å². The summed E-state index contributed by atoms with van der Waals surface area (Å²) in [6.07, 6.45) is 14.7. The van der Waals surface area contributed by atoms with E-state index < -0.39 is 5.60 Å². The summed E-state index contributed by atoms with van der Waals surface area (Å²) < 4.78 is 0. The summed E-state index contributed by atoms with van der Waals surface area (Å²) in [6.45, 7) is 5.65. The van der Waals surface area contributed by atoms with Crippen LogP contribution in [0.25, 0.3) is 0 Å². The molecule has 1 aliphatic carbocycles. The zero-order chi connectivity index (χ0) is 29.8. The molecular weight excluding hydrogens is 536 g/mol. The highest BCUT2D eigenvalue weighted by Crippen LogP contribution is 2.20. The van der Waals surface area contributed by atoms with E-state index in [0.29, 0.717) is 36.0 Å². The fourth-order valence-corrected chi connectivity index (χ4v) is 5.26. The van der Waals surface area contributed by atoms with Crippen molar-refractivity contribution in [3.63, 3.8) is 0 Å². The average molecular weight is 579 g/mol. The highest BCUT2D eigenvalue weighted by atomic mass is 32.1. The van der Waals surface area contributed by atoms with Gasteiger partial charge in [0.15, 0.2) is 0 Å². The Morgan fingerprint density at radius 3 is 2.66 bits per heavy atom. The molecule has 1 unspecified atom stereocenters. The number of unbranched alkanes of at least 4 members (excludes halogenated alkanes) is 1. The summed E-state index contributed by atoms with van der Waals surface area (Å²) in [5.74, 6) is 0.391. The van der Waals surface area contributed by atoms with E-state index in [0.717, 1.165) is 47.4 Å². The summed E-state index contributed by atoms with van der Waals surface area (Å²) >= 11 is 1.37. The lowest BCUT2D eigenvalue weighted by molar-refractivity contribution is -0.119. The summed E-state index contributed by atoms with van der Waals surface area (Å²) in [6, 6.07) is 7.68. The van der Waals surface area contributed by atoms with Crippen molar-refractivity contribution in [1.82, 2.24) is 15.5 Å². The smallest absolute Gasteiger partial charge is 0.230 e. The van der Waals surface area contributed by atoms with Crippen LogP contribution in [0.1, 0.15) is 69.0 Å². The summed E-state index contributed by atoms with van der Waals surface area (Å²) in [7, 11) is 0. The number of benzene rings is 1. The zero-order valence-corrected chi connectivity index (χ0v) is 25.0. The Kier molecular flexibility index (Phi) is 11.9. The number of rotatable bonds is 14. The van der Waals surface area contributed by atoms with E-state index in [4.69, 9.17) is 11.5 Å². The second-order valence-corrected chi connectivity index (χ2v) is 12.2. The van der Waals surface area contributed by atoms with Crippen LogP contribution in [0.4, 0.5) is 5.13 Å². The molecule has 1 aromatic carbocycles. The maximum absolute atomic E-state index is 12.5. The highest BCUT2D eigenvalue weighted by Gasteiger charge is 2.15. The second kappa shape index (κ2) is 15.3. The number of carbonyl (C=O) groups excluding carboxylic acids is 2. The number of aliphatic hydroxyl groups is 1. The van der Waals surface area contributed by atoms with Crippen LogP contribution in [-0.4, -0.2) is 32.7 Å². The first-order chi connectivity index (χ1) is 19.4. The SMILES string of the molecule is CC1C=C(CC(=O)N/C(N)=C/C=C(\N)CCCCc2nnc(NC(=O)Cc3cccc(CC(C)(C)O)c3)s2)C=CC1. The van der Waals surface area contributed by atoms with Crippen LogP contribution in [0.2, 0.25) is 0 Å². The maximum Gasteiger partial charge on any atom is 0.230 e. The van der Waals surface area contributed by atoms with Crippen LogP contribution in [-0.2, 0) is 28.9 Å². The molecule has 3 rings (SSSR count). The monoisotopic (exact) mass is 578 g/mol. The first-order valence-electron chi connectivity index (χ1n) is 14.0. The molecule has 0 spiro atoms. The molecule has 2 amide bonds. The van der Waals surface area contributed by atoms with Gasteiger partial charge in [0.05, 0.1) is 18.4 Å². The van der Waals surface area contributed by atoms with Crippen molar-refractivity contribution in [1.29, 1.82) is 0 Å². The van der Waals surface area contributed by atoms with Crippen molar-refractivity contribution in [3.05, 3.63) is 87.9 Å². The third-order valence-electron chi connectivity index (χ3n) is 6.28. The van der Waals surface area contributed by atoms with Crippen molar-refractivity contribution in [2.45, 2.75) is 77.7 Å². The molecule has 1 aromatic heterocycles. The molecule has 0 saturated carbocycles. The third-order valence-corrected chi connectivity index (χ3v) is 7.17. The quantitative estimate of drug-likeness (QED) is 0.164. The summed E-state index contributed by atoms with van der Waals surface area (Å²) in [4.78, 5) is 24.7. The fourth-order valence-electron chi connectivity index (χ4n) is 4.46. The van der Waals surface area contributed by atoms with Crippen LogP contribution < -0.4 is 22.1 Å². The van der Waals surface area contributed by atoms with Crippen molar-refractivity contribution < 1.29 is 14.7 Å². The number of nitrogens with two attached hydrogens (primary N) is 2. The molecule has 1 aliphatic rings. The second-order valence-electron chi connectivity index (χ2n) is 11.2. The van der Waals surface area contributed by atoms with E-state index in [1.807, 2.05) is 30.3 Å². The molecule has 0 radical (unpaired) electrons. The molecule has 41 heavy (non-hydrogen) atoms. The van der Waals surface area contributed by atoms with Crippen molar-refractivity contribution >= 4 is 28.3 Å². The van der Waals surface area contributed by atoms with Crippen molar-refractivity contribution in [2.75, 3.05) is 5.32 Å². The van der Waals surface area contributed by atoms with Crippen molar-refractivity contribution in [2.24, 2.45) is 17.4 Å². The number of amides is 2. The molecule has 7 N–H and O–H groups in total. The predicted octanol–water partition coefficient (Wildman–Crippen LogP) is 4.42. The molecule has 9 nitrogen and oxygen atoms in total. The van der Waals surface area contributed by atoms with E-state index in [1.165, 1.54) is 11.3 Å². The van der Waals surface area contributed by atoms with Gasteiger partial charge in [0.1, 0.15) is 10.8 Å². The number of carbonyl (C=O) groups is 2. The number of anilines is 1. The van der Waals surface area contributed by atoms with Crippen LogP contribution >= 0.6 is 11.3 Å². The van der Waals surface area contributed by atoms with Gasteiger partial charge in [-0.25, -0.2) is 0 Å². The molecule has 220 valence electrons. The van der Waals surface area contributed by atoms with Crippen molar-refractivity contribution in [3.8, 4) is 0 Å². The standard InChI is InChI=1S/C31H42N6O3S/c1-21-8-6-9-22(16-21)18-27(38)34-26(33)15-14-25(32)12-4-5-13-29-36-37-30(41-29)35-28(39)19-23-10-7-11-24(17-23)20-31(2,3)40/h6-7,9-11,14-17,21,40H,4-5,8,12-13,18-20,32-33H2,1-3H3,(H,34,38)(H,35,37,39)/b25-14-,26-15+. The zero-order valence-electron chi connectivity index (χ0n) is 24.2. The van der Waals surface area contributed by atoms with Gasteiger partial charge >= 0.3 is 0 Å². The first kappa shape index (κ1) is 31.8. The molecule has 0 fully saturated rings. The molecule has 0 saturated heterocycles. The van der Waals surface area contributed by atoms with Gasteiger partial charge in [-0.05, 0) is 74.3 Å². The lowest BCUT2D eigenvalue weighted by Crippen LogP contribution is -2.27. The highest BCUT2D eigenvalue weighted by molar-refractivity contribution is 7.15. The van der Waals surface area contributed by atoms with E-state index >= 15 is 0 Å². The topological polar surface area (TPSA) is 156 Å². The predicted molar refractivity (Wildman–Crippen MR) is 165 cm³/mol. The van der Waals surface area contributed by atoms with E-state index in [1.54, 1.807) is 26.0 Å². The van der Waals surface area contributed by atoms with Gasteiger partial charge in [0, 0.05) is 18.5 Å². The molecule has 0 aliphatic heterocycles. The van der Waals surface area contributed by atoms with E-state index in [2.05, 4.69) is 39.9 Å². The number of allylic oxidation sites excluding steroid dienone is 6. The molecule has 1 atom stereocenters. The van der Waals surface area contributed by atoms with Crippen LogP contribution in [0.5, 0.6) is 0 Å². The van der Waals surface area contributed by atoms with Gasteiger partial charge in [-0.3, -0.25) is 9.59 Å². The largest absolute Gasteiger partial charge is 0.402 e. The van der Waals surface area contributed by atoms with Gasteiger partial charge in [-0.1, -0.05) is 60.8 Å². The third kappa shape index (κ3) is 12.5. The minimum Gasteiger partial charge on any atom is -0.402 e. The number of hydrogen-bond acceptors (Lipinski definition) is 8. The van der Waals surface area contributed by atoms with Gasteiger partial charge in [-0.15, -0.1) is 10.2 Å². The number of aromatic nitrogens is 2. The molecule has 10 heteroatoms. The molecule has 0 bridgehead atoms. The average Bonchev–Trinajstić information content (AvgIpc) is 3.31. The van der Waals surface area contributed by atoms with Crippen LogP contribution in [0.3, 0.4) is 0 Å². The van der Waals surface area contributed by atoms with Crippen LogP contribution in [0.15, 0.2) is 71.7 Å². The van der Waals surface area contributed by atoms with Gasteiger partial charge in [-0.2, -0.15) is 0 Å². The number of aryl methyl sites for hydroxylation is 1. The summed E-state index contributed by atoms with van der Waals surface area (Å²) in [5, 5.41) is 25.2. The van der Waals surface area contributed by atoms with Crippen LogP contribution in [0, 0.1) is 5.92 Å². The number of nitrogens with zero attached hydrogens (tertiary/aromatic N) is 2. The number of nitrogens with one attached hydrogen (secondary N) is 2. The minimum atomic E-state index is -0.806. The molecule has 2 aromatic rings. The summed E-state index contributed by atoms with van der Waals surface area (Å²) in [5.41, 5.74) is 14.8. The van der Waals surface area contributed by atoms with Gasteiger partial charge in [0.25, 0.3) is 0 Å². The first-order valence-corrected chi connectivity index (χ1v) is 14.8. The van der Waals surface area contributed by atoms with Gasteiger partial charge < -0.3 is 27.2 Å². The lowest BCUT2D eigenvalue weighted by Gasteiger charge is -2.17. The normalized spacial score (nSPS) is 15.9. The van der Waals surface area contributed by atoms with E-state index in [-0.39, 0.29) is 24.1 Å². The Morgan fingerprint density at radius 2 is 1.90 bits per heavy atom. The Morgan fingerprint density at radius 1 is 1.12 bits per heavy atom. The van der Waals surface area contributed by atoms with E-state index in [9.17, 15) is 14.7 Å². The minimum absolute atomic E-state index is 0.153.